The number of rotatable bonds is 9. The van der Waals surface area contributed by atoms with Crippen molar-refractivity contribution in [3.8, 4) is 11.5 Å². The van der Waals surface area contributed by atoms with Crippen molar-refractivity contribution in [3.63, 3.8) is 0 Å². The van der Waals surface area contributed by atoms with Gasteiger partial charge in [-0.25, -0.2) is 4.57 Å². The molecule has 3 rings (SSSR count). The van der Waals surface area contributed by atoms with Gasteiger partial charge in [-0.2, -0.15) is 5.09 Å². The molecular weight excluding hydrogens is 596 g/mol. The molecule has 0 bridgehead atoms. The molecule has 1 N–H and O–H groups in total. The van der Waals surface area contributed by atoms with E-state index in [0.29, 0.717) is 16.0 Å². The van der Waals surface area contributed by atoms with Crippen molar-refractivity contribution in [2.75, 3.05) is 0 Å². The van der Waals surface area contributed by atoms with Crippen LogP contribution in [0.4, 0.5) is 0 Å². The van der Waals surface area contributed by atoms with Gasteiger partial charge in [0, 0.05) is 0 Å². The summed E-state index contributed by atoms with van der Waals surface area (Å²) in [7, 11) is -4.01. The molecule has 0 aromatic heterocycles. The SMILES string of the molecule is C[C@H](NP(=O)(Oc1ccccc1)Oc1c(Br)cccc1I)C(=O)OCc1ccccc1. The van der Waals surface area contributed by atoms with E-state index in [1.807, 2.05) is 48.5 Å². The van der Waals surface area contributed by atoms with Gasteiger partial charge in [0.15, 0.2) is 5.75 Å². The van der Waals surface area contributed by atoms with Gasteiger partial charge in [-0.15, -0.1) is 0 Å². The number of para-hydroxylation sites is 2. The summed E-state index contributed by atoms with van der Waals surface area (Å²) in [5.41, 5.74) is 0.853. The highest BCUT2D eigenvalue weighted by Gasteiger charge is 2.35. The Kier molecular flexibility index (Phi) is 8.54. The molecule has 0 aliphatic rings. The second-order valence-corrected chi connectivity index (χ2v) is 10.1. The molecule has 0 aliphatic carbocycles. The average Bonchev–Trinajstić information content (AvgIpc) is 2.76. The molecule has 0 saturated carbocycles. The summed E-state index contributed by atoms with van der Waals surface area (Å²) in [4.78, 5) is 12.5. The minimum Gasteiger partial charge on any atom is -0.460 e. The van der Waals surface area contributed by atoms with Crippen LogP contribution in [0.25, 0.3) is 0 Å². The molecule has 1 unspecified atom stereocenters. The highest BCUT2D eigenvalue weighted by Crippen LogP contribution is 2.48. The maximum absolute atomic E-state index is 13.7. The van der Waals surface area contributed by atoms with Gasteiger partial charge in [-0.3, -0.25) is 4.79 Å². The van der Waals surface area contributed by atoms with Crippen molar-refractivity contribution < 1.29 is 23.1 Å². The van der Waals surface area contributed by atoms with Crippen LogP contribution in [0.3, 0.4) is 0 Å². The standard InChI is InChI=1S/C22H20BrINO5P/c1-16(22(26)28-15-17-9-4-2-5-10-17)25-31(27,29-18-11-6-3-7-12-18)30-21-19(23)13-8-14-20(21)24/h2-14,16H,15H2,1H3,(H,25,27)/t16-,31?/m0/s1. The fraction of sp³-hybridized carbons (Fsp3) is 0.136. The van der Waals surface area contributed by atoms with Crippen LogP contribution >= 0.6 is 46.3 Å². The lowest BCUT2D eigenvalue weighted by molar-refractivity contribution is -0.146. The number of benzene rings is 3. The van der Waals surface area contributed by atoms with Gasteiger partial charge in [-0.1, -0.05) is 54.6 Å². The van der Waals surface area contributed by atoms with Crippen LogP contribution in [0.1, 0.15) is 12.5 Å². The van der Waals surface area contributed by atoms with Crippen LogP contribution in [0.15, 0.2) is 83.3 Å². The summed E-state index contributed by atoms with van der Waals surface area (Å²) in [6.07, 6.45) is 0. The Morgan fingerprint density at radius 3 is 2.29 bits per heavy atom. The summed E-state index contributed by atoms with van der Waals surface area (Å²) in [6, 6.07) is 22.4. The zero-order valence-corrected chi connectivity index (χ0v) is 21.2. The van der Waals surface area contributed by atoms with Gasteiger partial charge in [0.2, 0.25) is 0 Å². The number of esters is 1. The van der Waals surface area contributed by atoms with Crippen LogP contribution in [-0.2, 0) is 20.7 Å². The highest BCUT2D eigenvalue weighted by atomic mass is 127. The lowest BCUT2D eigenvalue weighted by Gasteiger charge is -2.24. The zero-order chi connectivity index (χ0) is 22.3. The molecule has 0 amide bonds. The van der Waals surface area contributed by atoms with E-state index in [-0.39, 0.29) is 6.61 Å². The third-order valence-corrected chi connectivity index (χ3v) is 7.08. The summed E-state index contributed by atoms with van der Waals surface area (Å²) < 4.78 is 31.8. The third-order valence-electron chi connectivity index (χ3n) is 4.03. The predicted molar refractivity (Wildman–Crippen MR) is 131 cm³/mol. The van der Waals surface area contributed by atoms with Crippen molar-refractivity contribution in [2.45, 2.75) is 19.6 Å². The van der Waals surface area contributed by atoms with Crippen LogP contribution in [-0.4, -0.2) is 12.0 Å². The van der Waals surface area contributed by atoms with E-state index in [1.165, 1.54) is 0 Å². The first kappa shape index (κ1) is 23.8. The van der Waals surface area contributed by atoms with E-state index in [2.05, 4.69) is 43.6 Å². The van der Waals surface area contributed by atoms with Gasteiger partial charge in [0.25, 0.3) is 0 Å². The van der Waals surface area contributed by atoms with Crippen molar-refractivity contribution in [1.29, 1.82) is 0 Å². The fourth-order valence-electron chi connectivity index (χ4n) is 2.52. The number of hydrogen-bond acceptors (Lipinski definition) is 5. The maximum atomic E-state index is 13.7. The molecule has 0 heterocycles. The summed E-state index contributed by atoms with van der Waals surface area (Å²) >= 11 is 5.48. The molecule has 0 spiro atoms. The molecule has 2 atom stereocenters. The van der Waals surface area contributed by atoms with Gasteiger partial charge in [-0.05, 0) is 75.3 Å². The molecule has 0 fully saturated rings. The monoisotopic (exact) mass is 615 g/mol. The molecule has 3 aromatic carbocycles. The van der Waals surface area contributed by atoms with Gasteiger partial charge >= 0.3 is 13.7 Å². The molecule has 0 saturated heterocycles. The van der Waals surface area contributed by atoms with Crippen LogP contribution in [0.5, 0.6) is 11.5 Å². The smallest absolute Gasteiger partial charge is 0.460 e. The first-order chi connectivity index (χ1) is 14.9. The van der Waals surface area contributed by atoms with E-state index in [1.54, 1.807) is 37.3 Å². The number of hydrogen-bond donors (Lipinski definition) is 1. The Bertz CT molecular complexity index is 1050. The molecule has 9 heteroatoms. The molecule has 0 aliphatic heterocycles. The summed E-state index contributed by atoms with van der Waals surface area (Å²) in [6.45, 7) is 1.65. The van der Waals surface area contributed by atoms with E-state index in [9.17, 15) is 9.36 Å². The second kappa shape index (κ2) is 11.1. The zero-order valence-electron chi connectivity index (χ0n) is 16.5. The number of carbonyl (C=O) groups excluding carboxylic acids is 1. The molecule has 31 heavy (non-hydrogen) atoms. The third kappa shape index (κ3) is 7.07. The largest absolute Gasteiger partial charge is 0.513 e. The Hall–Kier alpha value is -1.87. The second-order valence-electron chi connectivity index (χ2n) is 6.49. The molecule has 0 radical (unpaired) electrons. The average molecular weight is 616 g/mol. The van der Waals surface area contributed by atoms with E-state index in [4.69, 9.17) is 13.8 Å². The molecule has 3 aromatic rings. The Balaban J connectivity index is 1.77. The van der Waals surface area contributed by atoms with Crippen molar-refractivity contribution in [2.24, 2.45) is 0 Å². The Morgan fingerprint density at radius 1 is 1.00 bits per heavy atom. The number of halogens is 2. The van der Waals surface area contributed by atoms with Gasteiger partial charge in [0.1, 0.15) is 18.4 Å². The van der Waals surface area contributed by atoms with E-state index >= 15 is 0 Å². The van der Waals surface area contributed by atoms with E-state index < -0.39 is 19.8 Å². The topological polar surface area (TPSA) is 73.9 Å². The first-order valence-corrected chi connectivity index (χ1v) is 12.7. The molecule has 162 valence electrons. The Labute approximate surface area is 203 Å². The number of carbonyl (C=O) groups is 1. The van der Waals surface area contributed by atoms with Crippen LogP contribution < -0.4 is 14.1 Å². The molecular formula is C22H20BrINO5P. The quantitative estimate of drug-likeness (QED) is 0.172. The lowest BCUT2D eigenvalue weighted by atomic mass is 10.2. The van der Waals surface area contributed by atoms with Crippen LogP contribution in [0.2, 0.25) is 0 Å². The minimum absolute atomic E-state index is 0.110. The summed E-state index contributed by atoms with van der Waals surface area (Å²) in [5.74, 6) is 0.108. The van der Waals surface area contributed by atoms with Crippen molar-refractivity contribution in [3.05, 3.63) is 92.5 Å². The van der Waals surface area contributed by atoms with Crippen LogP contribution in [0, 0.1) is 3.57 Å². The van der Waals surface area contributed by atoms with Gasteiger partial charge < -0.3 is 13.8 Å². The van der Waals surface area contributed by atoms with E-state index in [0.717, 1.165) is 9.13 Å². The normalized spacial score (nSPS) is 13.6. The maximum Gasteiger partial charge on any atom is 0.513 e. The minimum atomic E-state index is -4.01. The van der Waals surface area contributed by atoms with Crippen molar-refractivity contribution >= 4 is 52.2 Å². The first-order valence-electron chi connectivity index (χ1n) is 9.33. The molecule has 6 nitrogen and oxygen atoms in total. The number of nitrogens with one attached hydrogen (secondary N) is 1. The fourth-order valence-corrected chi connectivity index (χ4v) is 5.81. The number of ether oxygens (including phenoxy) is 1. The summed E-state index contributed by atoms with van der Waals surface area (Å²) in [5, 5.41) is 2.69. The lowest BCUT2D eigenvalue weighted by Crippen LogP contribution is -2.35. The van der Waals surface area contributed by atoms with Crippen molar-refractivity contribution in [1.82, 2.24) is 5.09 Å². The highest BCUT2D eigenvalue weighted by molar-refractivity contribution is 14.1. The predicted octanol–water partition coefficient (Wildman–Crippen LogP) is 6.34. The Morgan fingerprint density at radius 2 is 1.65 bits per heavy atom. The van der Waals surface area contributed by atoms with Gasteiger partial charge in [0.05, 0.1) is 8.04 Å².